The fourth-order valence-electron chi connectivity index (χ4n) is 4.06. The van der Waals surface area contributed by atoms with Crippen molar-refractivity contribution in [2.75, 3.05) is 11.4 Å². The molecule has 2 aliphatic heterocycles. The smallest absolute Gasteiger partial charge is 0.255 e. The van der Waals surface area contributed by atoms with Gasteiger partial charge in [0.2, 0.25) is 0 Å². The van der Waals surface area contributed by atoms with Gasteiger partial charge < -0.3 is 10.2 Å². The average Bonchev–Trinajstić information content (AvgIpc) is 2.92. The van der Waals surface area contributed by atoms with Crippen molar-refractivity contribution in [3.63, 3.8) is 0 Å². The maximum absolute atomic E-state index is 12.6. The third-order valence-electron chi connectivity index (χ3n) is 4.97. The molecule has 2 aromatic carbocycles. The summed E-state index contributed by atoms with van der Waals surface area (Å²) in [4.78, 5) is 15.0. The number of aryl methyl sites for hydroxylation is 2. The Bertz CT molecular complexity index is 768. The molecule has 1 N–H and O–H groups in total. The summed E-state index contributed by atoms with van der Waals surface area (Å²) < 4.78 is 0. The Morgan fingerprint density at radius 1 is 1.14 bits per heavy atom. The standard InChI is InChI=1S/C19H20N2O/c1-13-8-9-16(14(2)12-13)19-10-5-11-21(19)17-7-4-3-6-15(17)18(22)20-19/h3-4,6-9,12H,5,10-11H2,1-2H3,(H,20,22)/t19-/m1/s1. The van der Waals surface area contributed by atoms with E-state index in [4.69, 9.17) is 0 Å². The van der Waals surface area contributed by atoms with Crippen LogP contribution in [0.25, 0.3) is 0 Å². The second-order valence-electron chi connectivity index (χ2n) is 6.41. The van der Waals surface area contributed by atoms with Crippen molar-refractivity contribution in [2.45, 2.75) is 32.4 Å². The molecule has 1 saturated heterocycles. The molecular formula is C19H20N2O. The first-order valence-electron chi connectivity index (χ1n) is 7.89. The zero-order valence-corrected chi connectivity index (χ0v) is 13.0. The highest BCUT2D eigenvalue weighted by Crippen LogP contribution is 2.45. The molecule has 0 aliphatic carbocycles. The number of fused-ring (bicyclic) bond motifs is 3. The SMILES string of the molecule is Cc1ccc([C@@]23CCCN2c2ccccc2C(=O)N3)c(C)c1. The number of nitrogens with one attached hydrogen (secondary N) is 1. The number of hydrogen-bond donors (Lipinski definition) is 1. The lowest BCUT2D eigenvalue weighted by molar-refractivity contribution is 0.0886. The quantitative estimate of drug-likeness (QED) is 0.872. The molecule has 1 amide bonds. The molecule has 4 rings (SSSR count). The topological polar surface area (TPSA) is 32.3 Å². The minimum absolute atomic E-state index is 0.0359. The molecule has 2 aromatic rings. The second kappa shape index (κ2) is 4.60. The molecule has 0 spiro atoms. The van der Waals surface area contributed by atoms with Crippen molar-refractivity contribution in [3.05, 3.63) is 64.7 Å². The lowest BCUT2D eigenvalue weighted by Gasteiger charge is -2.45. The average molecular weight is 292 g/mol. The Balaban J connectivity index is 1.93. The lowest BCUT2D eigenvalue weighted by Crippen LogP contribution is -2.58. The molecular weight excluding hydrogens is 272 g/mol. The lowest BCUT2D eigenvalue weighted by atomic mass is 9.88. The minimum Gasteiger partial charge on any atom is -0.344 e. The number of hydrogen-bond acceptors (Lipinski definition) is 2. The highest BCUT2D eigenvalue weighted by molar-refractivity contribution is 6.02. The highest BCUT2D eigenvalue weighted by Gasteiger charge is 2.48. The number of anilines is 1. The molecule has 0 saturated carbocycles. The molecule has 0 radical (unpaired) electrons. The van der Waals surface area contributed by atoms with Crippen LogP contribution in [-0.4, -0.2) is 12.5 Å². The summed E-state index contributed by atoms with van der Waals surface area (Å²) in [6.45, 7) is 5.22. The van der Waals surface area contributed by atoms with E-state index in [0.29, 0.717) is 0 Å². The van der Waals surface area contributed by atoms with Gasteiger partial charge in [0.25, 0.3) is 5.91 Å². The maximum Gasteiger partial charge on any atom is 0.255 e. The van der Waals surface area contributed by atoms with Crippen molar-refractivity contribution in [2.24, 2.45) is 0 Å². The van der Waals surface area contributed by atoms with Gasteiger partial charge in [0.05, 0.1) is 11.3 Å². The molecule has 2 heterocycles. The first kappa shape index (κ1) is 13.4. The third-order valence-corrected chi connectivity index (χ3v) is 4.97. The van der Waals surface area contributed by atoms with Crippen LogP contribution in [0.15, 0.2) is 42.5 Å². The van der Waals surface area contributed by atoms with Gasteiger partial charge in [-0.1, -0.05) is 35.9 Å². The molecule has 1 fully saturated rings. The van der Waals surface area contributed by atoms with E-state index in [1.807, 2.05) is 18.2 Å². The van der Waals surface area contributed by atoms with E-state index in [2.05, 4.69) is 48.3 Å². The van der Waals surface area contributed by atoms with Gasteiger partial charge in [0, 0.05) is 12.1 Å². The second-order valence-corrected chi connectivity index (χ2v) is 6.41. The Morgan fingerprint density at radius 3 is 2.77 bits per heavy atom. The van der Waals surface area contributed by atoms with Gasteiger partial charge in [-0.25, -0.2) is 0 Å². The summed E-state index contributed by atoms with van der Waals surface area (Å²) >= 11 is 0. The molecule has 1 atom stereocenters. The van der Waals surface area contributed by atoms with Crippen LogP contribution in [0.1, 0.15) is 39.9 Å². The molecule has 2 aliphatic rings. The van der Waals surface area contributed by atoms with E-state index in [-0.39, 0.29) is 11.6 Å². The van der Waals surface area contributed by atoms with E-state index in [9.17, 15) is 4.79 Å². The molecule has 0 aromatic heterocycles. The van der Waals surface area contributed by atoms with E-state index in [1.165, 1.54) is 16.7 Å². The maximum atomic E-state index is 12.6. The number of nitrogens with zero attached hydrogens (tertiary/aromatic N) is 1. The highest BCUT2D eigenvalue weighted by atomic mass is 16.2. The molecule has 112 valence electrons. The summed E-state index contributed by atoms with van der Waals surface area (Å²) in [7, 11) is 0. The van der Waals surface area contributed by atoms with Crippen LogP contribution in [0.2, 0.25) is 0 Å². The van der Waals surface area contributed by atoms with Crippen LogP contribution in [-0.2, 0) is 5.66 Å². The third kappa shape index (κ3) is 1.71. The summed E-state index contributed by atoms with van der Waals surface area (Å²) in [5.74, 6) is 0.0359. The first-order chi connectivity index (χ1) is 10.6. The fourth-order valence-corrected chi connectivity index (χ4v) is 4.06. The van der Waals surface area contributed by atoms with E-state index in [1.54, 1.807) is 0 Å². The summed E-state index contributed by atoms with van der Waals surface area (Å²) in [6, 6.07) is 14.4. The predicted octanol–water partition coefficient (Wildman–Crippen LogP) is 3.50. The van der Waals surface area contributed by atoms with Gasteiger partial charge in [0.15, 0.2) is 0 Å². The zero-order chi connectivity index (χ0) is 15.3. The minimum atomic E-state index is -0.386. The van der Waals surface area contributed by atoms with Crippen molar-refractivity contribution < 1.29 is 4.79 Å². The molecule has 3 nitrogen and oxygen atoms in total. The van der Waals surface area contributed by atoms with Crippen LogP contribution in [0.5, 0.6) is 0 Å². The molecule has 0 bridgehead atoms. The van der Waals surface area contributed by atoms with Crippen LogP contribution in [0, 0.1) is 13.8 Å². The van der Waals surface area contributed by atoms with Crippen LogP contribution in [0.3, 0.4) is 0 Å². The summed E-state index contributed by atoms with van der Waals surface area (Å²) in [5, 5.41) is 3.31. The number of carbonyl (C=O) groups is 1. The largest absolute Gasteiger partial charge is 0.344 e. The molecule has 3 heteroatoms. The van der Waals surface area contributed by atoms with Crippen molar-refractivity contribution in [1.29, 1.82) is 0 Å². The summed E-state index contributed by atoms with van der Waals surface area (Å²) in [6.07, 6.45) is 2.04. The van der Waals surface area contributed by atoms with Crippen molar-refractivity contribution >= 4 is 11.6 Å². The van der Waals surface area contributed by atoms with Gasteiger partial charge >= 0.3 is 0 Å². The van der Waals surface area contributed by atoms with Crippen molar-refractivity contribution in [1.82, 2.24) is 5.32 Å². The van der Waals surface area contributed by atoms with E-state index >= 15 is 0 Å². The number of rotatable bonds is 1. The number of benzene rings is 2. The number of carbonyl (C=O) groups excluding carboxylic acids is 1. The van der Waals surface area contributed by atoms with Gasteiger partial charge in [-0.05, 0) is 44.4 Å². The Labute approximate surface area is 131 Å². The molecule has 22 heavy (non-hydrogen) atoms. The summed E-state index contributed by atoms with van der Waals surface area (Å²) in [5.41, 5.74) is 5.17. The monoisotopic (exact) mass is 292 g/mol. The van der Waals surface area contributed by atoms with Gasteiger partial charge in [-0.2, -0.15) is 0 Å². The van der Waals surface area contributed by atoms with Crippen LogP contribution >= 0.6 is 0 Å². The van der Waals surface area contributed by atoms with E-state index < -0.39 is 0 Å². The van der Waals surface area contributed by atoms with Crippen LogP contribution in [0.4, 0.5) is 5.69 Å². The van der Waals surface area contributed by atoms with E-state index in [0.717, 1.165) is 30.6 Å². The first-order valence-corrected chi connectivity index (χ1v) is 7.89. The van der Waals surface area contributed by atoms with Gasteiger partial charge in [-0.15, -0.1) is 0 Å². The van der Waals surface area contributed by atoms with Gasteiger partial charge in [0.1, 0.15) is 5.66 Å². The Morgan fingerprint density at radius 2 is 1.95 bits per heavy atom. The van der Waals surface area contributed by atoms with Gasteiger partial charge in [-0.3, -0.25) is 4.79 Å². The van der Waals surface area contributed by atoms with Crippen LogP contribution < -0.4 is 10.2 Å². The zero-order valence-electron chi connectivity index (χ0n) is 13.0. The Kier molecular flexibility index (Phi) is 2.80. The Hall–Kier alpha value is -2.29. The predicted molar refractivity (Wildman–Crippen MR) is 88.1 cm³/mol. The number of para-hydroxylation sites is 1. The molecule has 0 unspecified atom stereocenters. The fraction of sp³-hybridized carbons (Fsp3) is 0.316. The van der Waals surface area contributed by atoms with Crippen molar-refractivity contribution in [3.8, 4) is 0 Å². The number of amides is 1. The normalized spacial score (nSPS) is 23.0.